The largest absolute Gasteiger partial charge is 0.332 e. The summed E-state index contributed by atoms with van der Waals surface area (Å²) in [5.41, 5.74) is 2.94. The molecule has 0 unspecified atom stereocenters. The third-order valence-corrected chi connectivity index (χ3v) is 3.00. The van der Waals surface area contributed by atoms with Gasteiger partial charge < -0.3 is 4.90 Å². The summed E-state index contributed by atoms with van der Waals surface area (Å²) in [6.45, 7) is 5.09. The third-order valence-electron chi connectivity index (χ3n) is 2.83. The highest BCUT2D eigenvalue weighted by Crippen LogP contribution is 2.25. The van der Waals surface area contributed by atoms with E-state index >= 15 is 0 Å². The van der Waals surface area contributed by atoms with Crippen LogP contribution in [0.3, 0.4) is 0 Å². The fourth-order valence-corrected chi connectivity index (χ4v) is 2.19. The third kappa shape index (κ3) is 1.89. The van der Waals surface area contributed by atoms with Crippen LogP contribution in [-0.2, 0) is 24.3 Å². The smallest absolute Gasteiger partial charge is 0.222 e. The maximum atomic E-state index is 11.6. The zero-order valence-corrected chi connectivity index (χ0v) is 10.2. The summed E-state index contributed by atoms with van der Waals surface area (Å²) in [6, 6.07) is 0. The van der Waals surface area contributed by atoms with Gasteiger partial charge in [0.15, 0.2) is 0 Å². The molecule has 0 atom stereocenters. The number of aromatic nitrogens is 2. The summed E-state index contributed by atoms with van der Waals surface area (Å²) >= 11 is 5.84. The van der Waals surface area contributed by atoms with Crippen molar-refractivity contribution in [1.82, 2.24) is 14.9 Å². The van der Waals surface area contributed by atoms with Crippen molar-refractivity contribution in [2.75, 3.05) is 0 Å². The number of aryl methyl sites for hydroxylation is 1. The normalized spacial score (nSPS) is 14.1. The first-order chi connectivity index (χ1) is 7.65. The Kier molecular flexibility index (Phi) is 3.10. The molecule has 0 bridgehead atoms. The molecule has 0 fully saturated rings. The van der Waals surface area contributed by atoms with Crippen molar-refractivity contribution in [2.45, 2.75) is 39.8 Å². The zero-order chi connectivity index (χ0) is 11.7. The topological polar surface area (TPSA) is 46.1 Å². The highest BCUT2D eigenvalue weighted by atomic mass is 35.5. The molecule has 16 heavy (non-hydrogen) atoms. The van der Waals surface area contributed by atoms with Crippen molar-refractivity contribution in [3.63, 3.8) is 0 Å². The van der Waals surface area contributed by atoms with Crippen LogP contribution < -0.4 is 0 Å². The van der Waals surface area contributed by atoms with E-state index in [9.17, 15) is 4.79 Å². The zero-order valence-electron chi connectivity index (χ0n) is 9.46. The molecule has 0 saturated carbocycles. The molecule has 1 aliphatic heterocycles. The summed E-state index contributed by atoms with van der Waals surface area (Å²) in [4.78, 5) is 21.8. The van der Waals surface area contributed by atoms with E-state index in [2.05, 4.69) is 9.97 Å². The summed E-state index contributed by atoms with van der Waals surface area (Å²) in [7, 11) is 0. The van der Waals surface area contributed by atoms with Gasteiger partial charge in [0.1, 0.15) is 0 Å². The number of carbonyl (C=O) groups excluding carboxylic acids is 1. The van der Waals surface area contributed by atoms with Gasteiger partial charge in [-0.05, 0) is 18.0 Å². The van der Waals surface area contributed by atoms with Crippen LogP contribution in [-0.4, -0.2) is 20.8 Å². The van der Waals surface area contributed by atoms with Gasteiger partial charge in [0.2, 0.25) is 11.2 Å². The van der Waals surface area contributed by atoms with E-state index in [1.807, 2.05) is 13.8 Å². The first kappa shape index (κ1) is 11.3. The summed E-state index contributed by atoms with van der Waals surface area (Å²) < 4.78 is 0. The molecule has 0 aliphatic carbocycles. The van der Waals surface area contributed by atoms with Crippen molar-refractivity contribution in [2.24, 2.45) is 0 Å². The molecule has 2 heterocycles. The van der Waals surface area contributed by atoms with Gasteiger partial charge in [-0.2, -0.15) is 0 Å². The van der Waals surface area contributed by atoms with Gasteiger partial charge >= 0.3 is 0 Å². The van der Waals surface area contributed by atoms with Crippen molar-refractivity contribution < 1.29 is 4.79 Å². The van der Waals surface area contributed by atoms with E-state index in [1.165, 1.54) is 0 Å². The van der Waals surface area contributed by atoms with Crippen LogP contribution in [0.15, 0.2) is 0 Å². The molecule has 1 aliphatic rings. The van der Waals surface area contributed by atoms with Crippen LogP contribution in [0.1, 0.15) is 37.2 Å². The van der Waals surface area contributed by atoms with E-state index in [4.69, 9.17) is 11.6 Å². The van der Waals surface area contributed by atoms with Crippen LogP contribution in [0.4, 0.5) is 0 Å². The highest BCUT2D eigenvalue weighted by Gasteiger charge is 2.26. The van der Waals surface area contributed by atoms with Crippen molar-refractivity contribution in [3.05, 3.63) is 22.2 Å². The summed E-state index contributed by atoms with van der Waals surface area (Å²) in [6.07, 6.45) is 1.34. The molecule has 0 radical (unpaired) electrons. The fraction of sp³-hybridized carbons (Fsp3) is 0.545. The second-order valence-electron chi connectivity index (χ2n) is 3.82. The van der Waals surface area contributed by atoms with E-state index in [1.54, 1.807) is 4.90 Å². The maximum absolute atomic E-state index is 11.6. The number of amides is 1. The minimum absolute atomic E-state index is 0.149. The van der Waals surface area contributed by atoms with Crippen LogP contribution in [0.25, 0.3) is 0 Å². The lowest BCUT2D eigenvalue weighted by Crippen LogP contribution is -2.24. The molecule has 0 aromatic carbocycles. The molecule has 0 N–H and O–H groups in total. The Morgan fingerprint density at radius 2 is 2.12 bits per heavy atom. The minimum atomic E-state index is 0.149. The number of rotatable bonds is 2. The van der Waals surface area contributed by atoms with E-state index in [0.29, 0.717) is 19.5 Å². The molecule has 5 heteroatoms. The molecule has 4 nitrogen and oxygen atoms in total. The molecule has 2 rings (SSSR count). The number of hydrogen-bond donors (Lipinski definition) is 0. The predicted molar refractivity (Wildman–Crippen MR) is 61.0 cm³/mol. The Labute approximate surface area is 99.6 Å². The van der Waals surface area contributed by atoms with E-state index in [-0.39, 0.29) is 11.2 Å². The monoisotopic (exact) mass is 239 g/mol. The summed E-state index contributed by atoms with van der Waals surface area (Å²) in [5.74, 6) is 0.149. The van der Waals surface area contributed by atoms with Crippen molar-refractivity contribution >= 4 is 17.5 Å². The first-order valence-corrected chi connectivity index (χ1v) is 5.85. The second kappa shape index (κ2) is 4.37. The lowest BCUT2D eigenvalue weighted by atomic mass is 10.1. The van der Waals surface area contributed by atoms with Crippen molar-refractivity contribution in [1.29, 1.82) is 0 Å². The van der Waals surface area contributed by atoms with Gasteiger partial charge in [-0.1, -0.05) is 13.8 Å². The average molecular weight is 240 g/mol. The van der Waals surface area contributed by atoms with Gasteiger partial charge in [-0.25, -0.2) is 9.97 Å². The Morgan fingerprint density at radius 1 is 1.38 bits per heavy atom. The molecular formula is C11H14ClN3O. The van der Waals surface area contributed by atoms with Gasteiger partial charge in [-0.15, -0.1) is 0 Å². The van der Waals surface area contributed by atoms with Crippen LogP contribution in [0, 0.1) is 0 Å². The molecule has 0 spiro atoms. The lowest BCUT2D eigenvalue weighted by molar-refractivity contribution is -0.131. The Hall–Kier alpha value is -1.16. The predicted octanol–water partition coefficient (Wildman–Crippen LogP) is 1.94. The fourth-order valence-electron chi connectivity index (χ4n) is 1.98. The molecule has 1 aromatic heterocycles. The van der Waals surface area contributed by atoms with Gasteiger partial charge in [0.25, 0.3) is 0 Å². The molecule has 86 valence electrons. The summed E-state index contributed by atoms with van der Waals surface area (Å²) in [5, 5.41) is 0.279. The van der Waals surface area contributed by atoms with Crippen LogP contribution in [0.5, 0.6) is 0 Å². The Bertz CT molecular complexity index is 433. The Balaban J connectivity index is 2.33. The molecular weight excluding hydrogens is 226 g/mol. The molecule has 0 saturated heterocycles. The number of halogens is 1. The van der Waals surface area contributed by atoms with Crippen LogP contribution in [0.2, 0.25) is 5.28 Å². The second-order valence-corrected chi connectivity index (χ2v) is 4.16. The Morgan fingerprint density at radius 3 is 2.75 bits per heavy atom. The number of fused-ring (bicyclic) bond motifs is 1. The highest BCUT2D eigenvalue weighted by molar-refractivity contribution is 6.28. The number of carbonyl (C=O) groups is 1. The first-order valence-electron chi connectivity index (χ1n) is 5.47. The van der Waals surface area contributed by atoms with Gasteiger partial charge in [-0.3, -0.25) is 4.79 Å². The van der Waals surface area contributed by atoms with Crippen LogP contribution >= 0.6 is 11.6 Å². The standard InChI is InChI=1S/C11H14ClN3O/c1-3-8-7-5-15(10(16)4-2)6-9(7)14-11(12)13-8/h3-6H2,1-2H3. The quantitative estimate of drug-likeness (QED) is 0.741. The van der Waals surface area contributed by atoms with Gasteiger partial charge in [0.05, 0.1) is 17.9 Å². The van der Waals surface area contributed by atoms with E-state index < -0.39 is 0 Å². The van der Waals surface area contributed by atoms with E-state index in [0.717, 1.165) is 23.4 Å². The number of nitrogens with zero attached hydrogens (tertiary/aromatic N) is 3. The van der Waals surface area contributed by atoms with Crippen molar-refractivity contribution in [3.8, 4) is 0 Å². The lowest BCUT2D eigenvalue weighted by Gasteiger charge is -2.13. The molecule has 1 aromatic rings. The SMILES string of the molecule is CCC(=O)N1Cc2nc(Cl)nc(CC)c2C1. The number of hydrogen-bond acceptors (Lipinski definition) is 3. The average Bonchev–Trinajstić information content (AvgIpc) is 2.70. The minimum Gasteiger partial charge on any atom is -0.332 e. The molecule has 1 amide bonds. The maximum Gasteiger partial charge on any atom is 0.222 e. The van der Waals surface area contributed by atoms with Gasteiger partial charge in [0, 0.05) is 18.5 Å².